The molecule has 0 bridgehead atoms. The molecule has 242 valence electrons. The molecule has 0 aromatic carbocycles. The Morgan fingerprint density at radius 1 is 1.17 bits per heavy atom. The Bertz CT molecular complexity index is 1750. The van der Waals surface area contributed by atoms with Crippen molar-refractivity contribution in [3.8, 4) is 18.1 Å². The zero-order valence-corrected chi connectivity index (χ0v) is 27.8. The van der Waals surface area contributed by atoms with Gasteiger partial charge in [-0.3, -0.25) is 0 Å². The van der Waals surface area contributed by atoms with Crippen LogP contribution >= 0.6 is 23.1 Å². The summed E-state index contributed by atoms with van der Waals surface area (Å²) in [5.74, 6) is -0.0687. The number of rotatable bonds is 6. The predicted octanol–water partition coefficient (Wildman–Crippen LogP) is 4.75. The third-order valence-electron chi connectivity index (χ3n) is 9.55. The summed E-state index contributed by atoms with van der Waals surface area (Å²) in [5.41, 5.74) is 14.5. The van der Waals surface area contributed by atoms with Crippen LogP contribution in [0.2, 0.25) is 0 Å². The van der Waals surface area contributed by atoms with Gasteiger partial charge in [0, 0.05) is 60.6 Å². The normalized spacial score (nSPS) is 22.3. The number of likely N-dealkylation sites (tertiary alicyclic amines) is 1. The lowest BCUT2D eigenvalue weighted by Gasteiger charge is -2.48. The maximum atomic E-state index is 12.6. The molecule has 3 aromatic rings. The molecule has 1 aliphatic carbocycles. The molecule has 2 spiro atoms. The number of anilines is 4. The van der Waals surface area contributed by atoms with Crippen molar-refractivity contribution >= 4 is 45.6 Å². The van der Waals surface area contributed by atoms with Crippen molar-refractivity contribution in [1.29, 1.82) is 10.5 Å². The van der Waals surface area contributed by atoms with Crippen LogP contribution in [0.5, 0.6) is 6.01 Å². The largest absolute Gasteiger partial charge is 0.467 e. The number of nitriles is 2. The predicted molar refractivity (Wildman–Crippen MR) is 176 cm³/mol. The van der Waals surface area contributed by atoms with E-state index in [2.05, 4.69) is 32.0 Å². The first-order valence-corrected chi connectivity index (χ1v) is 16.8. The van der Waals surface area contributed by atoms with Crippen molar-refractivity contribution in [2.75, 3.05) is 68.1 Å². The lowest BCUT2D eigenvalue weighted by molar-refractivity contribution is 0.0673. The zero-order valence-electron chi connectivity index (χ0n) is 26.2. The molecule has 0 radical (unpaired) electrons. The molecule has 1 saturated carbocycles. The minimum absolute atomic E-state index is 0.129. The number of aromatic nitrogens is 3. The van der Waals surface area contributed by atoms with E-state index in [4.69, 9.17) is 16.2 Å². The Kier molecular flexibility index (Phi) is 8.15. The smallest absolute Gasteiger partial charge is 0.320 e. The van der Waals surface area contributed by atoms with E-state index in [1.54, 1.807) is 6.20 Å². The number of nitrogen functional groups attached to an aromatic ring is 2. The van der Waals surface area contributed by atoms with Crippen LogP contribution in [-0.2, 0) is 10.5 Å². The van der Waals surface area contributed by atoms with E-state index in [1.807, 2.05) is 54.6 Å². The molecule has 46 heavy (non-hydrogen) atoms. The second-order valence-electron chi connectivity index (χ2n) is 12.3. The number of pyridine rings is 1. The number of ether oxygens (including phenoxy) is 1. The summed E-state index contributed by atoms with van der Waals surface area (Å²) in [6.07, 6.45) is 2.47. The highest BCUT2D eigenvalue weighted by Crippen LogP contribution is 2.64. The number of fused-ring (bicyclic) bond motifs is 2. The van der Waals surface area contributed by atoms with E-state index in [-0.39, 0.29) is 23.2 Å². The molecule has 4 aliphatic rings. The van der Waals surface area contributed by atoms with Crippen LogP contribution in [0.3, 0.4) is 0 Å². The van der Waals surface area contributed by atoms with Crippen LogP contribution in [0.15, 0.2) is 18.3 Å². The van der Waals surface area contributed by atoms with Gasteiger partial charge in [-0.25, -0.2) is 13.8 Å². The van der Waals surface area contributed by atoms with Gasteiger partial charge in [0.05, 0.1) is 28.9 Å². The van der Waals surface area contributed by atoms with Gasteiger partial charge in [-0.2, -0.15) is 20.5 Å². The molecule has 7 rings (SSSR count). The Labute approximate surface area is 275 Å². The van der Waals surface area contributed by atoms with Crippen LogP contribution in [0.25, 0.3) is 0 Å². The maximum absolute atomic E-state index is 12.6. The van der Waals surface area contributed by atoms with Gasteiger partial charge in [0.1, 0.15) is 28.5 Å². The minimum atomic E-state index is -2.34. The molecule has 0 amide bonds. The number of halogens is 2. The molecule has 2 saturated heterocycles. The van der Waals surface area contributed by atoms with Gasteiger partial charge in [0.15, 0.2) is 11.6 Å². The summed E-state index contributed by atoms with van der Waals surface area (Å²) in [4.78, 5) is 20.6. The van der Waals surface area contributed by atoms with Gasteiger partial charge in [0.2, 0.25) is 0 Å². The van der Waals surface area contributed by atoms with Crippen LogP contribution in [0.1, 0.15) is 59.9 Å². The second-order valence-corrected chi connectivity index (χ2v) is 14.8. The third-order valence-corrected chi connectivity index (χ3v) is 12.2. The summed E-state index contributed by atoms with van der Waals surface area (Å²) in [5, 5.41) is 20.5. The van der Waals surface area contributed by atoms with Crippen molar-refractivity contribution in [2.45, 2.75) is 49.2 Å². The van der Waals surface area contributed by atoms with Gasteiger partial charge in [0.25, 0.3) is 5.92 Å². The number of hydrogen-bond donors (Lipinski definition) is 2. The van der Waals surface area contributed by atoms with Crippen LogP contribution in [0, 0.1) is 28.1 Å². The number of thioether (sulfide) groups is 1. The Balaban J connectivity index is 0.000000314. The number of nitrogens with zero attached hydrogens (tertiary/aromatic N) is 8. The Hall–Kier alpha value is -3.92. The van der Waals surface area contributed by atoms with Gasteiger partial charge in [-0.15, -0.1) is 23.1 Å². The molecule has 3 fully saturated rings. The molecule has 3 aromatic heterocycles. The standard InChI is InChI=1S/C24H25N9OS2.C7H11F2N/c1-4-33(13(2)14-6-5-7-29-19(14)27)22-16(9-26)21(30-23(31-22)34-3)32-11-24(12-32)18-15(8-25)20(28)36-17(18)10-35-24;1-10-3-2-6(5-10)4-7(6,8)9/h5-7,13H,4,10-12,28H2,1-3H3,(H2,27,29);2-5H2,1H3. The second kappa shape index (κ2) is 11.7. The van der Waals surface area contributed by atoms with E-state index in [0.717, 1.165) is 28.3 Å². The number of thiophene rings is 1. The van der Waals surface area contributed by atoms with Gasteiger partial charge < -0.3 is 30.9 Å². The van der Waals surface area contributed by atoms with E-state index < -0.39 is 11.3 Å². The average Bonchev–Trinajstić information content (AvgIpc) is 3.38. The van der Waals surface area contributed by atoms with E-state index in [1.165, 1.54) is 18.4 Å². The molecule has 4 N–H and O–H groups in total. The Morgan fingerprint density at radius 2 is 1.89 bits per heavy atom. The third kappa shape index (κ3) is 5.14. The number of methoxy groups -OCH3 is 1. The first-order chi connectivity index (χ1) is 21.9. The number of nitrogens with two attached hydrogens (primary N) is 2. The van der Waals surface area contributed by atoms with Crippen molar-refractivity contribution < 1.29 is 13.5 Å². The van der Waals surface area contributed by atoms with Crippen molar-refractivity contribution in [2.24, 2.45) is 5.41 Å². The average molecular weight is 667 g/mol. The molecule has 11 nitrogen and oxygen atoms in total. The summed E-state index contributed by atoms with van der Waals surface area (Å²) in [7, 11) is 3.42. The summed E-state index contributed by atoms with van der Waals surface area (Å²) >= 11 is 3.32. The highest BCUT2D eigenvalue weighted by Gasteiger charge is 2.72. The minimum Gasteiger partial charge on any atom is -0.467 e. The van der Waals surface area contributed by atoms with Gasteiger partial charge in [-0.1, -0.05) is 6.07 Å². The lowest BCUT2D eigenvalue weighted by Crippen LogP contribution is -2.57. The maximum Gasteiger partial charge on any atom is 0.320 e. The van der Waals surface area contributed by atoms with Crippen LogP contribution < -0.4 is 26.0 Å². The zero-order chi connectivity index (χ0) is 33.0. The number of alkyl halides is 2. The summed E-state index contributed by atoms with van der Waals surface area (Å²) < 4.78 is 30.5. The van der Waals surface area contributed by atoms with Gasteiger partial charge >= 0.3 is 6.01 Å². The lowest BCUT2D eigenvalue weighted by atomic mass is 9.88. The van der Waals surface area contributed by atoms with E-state index in [9.17, 15) is 19.3 Å². The van der Waals surface area contributed by atoms with Gasteiger partial charge in [-0.05, 0) is 39.9 Å². The van der Waals surface area contributed by atoms with Crippen molar-refractivity contribution in [3.63, 3.8) is 0 Å². The molecule has 2 atom stereocenters. The fourth-order valence-corrected chi connectivity index (χ4v) is 9.75. The van der Waals surface area contributed by atoms with Crippen LogP contribution in [0.4, 0.5) is 31.2 Å². The van der Waals surface area contributed by atoms with E-state index >= 15 is 0 Å². The SMILES string of the molecule is CCN(c1nc(OC)nc(N2CC3(C2)SCc2sc(N)c(C#N)c23)c1C#N)C(C)c1cccnc1N.CN1CCC2(C1)CC2(F)F. The molecular weight excluding hydrogens is 631 g/mol. The fraction of sp³-hybridized carbons (Fsp3) is 0.516. The Morgan fingerprint density at radius 3 is 2.43 bits per heavy atom. The molecule has 2 unspecified atom stereocenters. The first-order valence-electron chi connectivity index (χ1n) is 15.0. The monoisotopic (exact) mass is 666 g/mol. The van der Waals surface area contributed by atoms with Crippen LogP contribution in [-0.4, -0.2) is 72.7 Å². The topological polar surface area (TPSA) is 157 Å². The number of hydrogen-bond acceptors (Lipinski definition) is 13. The summed E-state index contributed by atoms with van der Waals surface area (Å²) in [6, 6.07) is 8.39. The quantitative estimate of drug-likeness (QED) is 0.373. The highest BCUT2D eigenvalue weighted by molar-refractivity contribution is 8.00. The van der Waals surface area contributed by atoms with Crippen molar-refractivity contribution in [3.05, 3.63) is 45.5 Å². The molecule has 15 heteroatoms. The molecule has 6 heterocycles. The first kappa shape index (κ1) is 32.0. The van der Waals surface area contributed by atoms with Crippen molar-refractivity contribution in [1.82, 2.24) is 19.9 Å². The van der Waals surface area contributed by atoms with E-state index in [0.29, 0.717) is 66.2 Å². The summed E-state index contributed by atoms with van der Waals surface area (Å²) in [6.45, 7) is 7.24. The molecular formula is C31H36F2N10OS2. The highest BCUT2D eigenvalue weighted by atomic mass is 32.2. The molecule has 3 aliphatic heterocycles. The fourth-order valence-electron chi connectivity index (χ4n) is 6.94.